The number of ether oxygens (including phenoxy) is 1. The molecule has 0 aliphatic carbocycles. The zero-order valence-corrected chi connectivity index (χ0v) is 9.30. The highest BCUT2D eigenvalue weighted by atomic mass is 79.9. The van der Waals surface area contributed by atoms with E-state index in [1.807, 2.05) is 0 Å². The molecule has 1 saturated heterocycles. The van der Waals surface area contributed by atoms with E-state index in [2.05, 4.69) is 47.1 Å². The third-order valence-electron chi connectivity index (χ3n) is 2.57. The van der Waals surface area contributed by atoms with Crippen molar-refractivity contribution >= 4 is 15.9 Å². The van der Waals surface area contributed by atoms with Crippen LogP contribution in [0.5, 0.6) is 0 Å². The summed E-state index contributed by atoms with van der Waals surface area (Å²) < 4.78 is 6.68. The van der Waals surface area contributed by atoms with E-state index in [0.29, 0.717) is 0 Å². The molecule has 2 rings (SSSR count). The maximum Gasteiger partial charge on any atom is 0.0716 e. The van der Waals surface area contributed by atoms with Gasteiger partial charge < -0.3 is 4.74 Å². The molecule has 1 atom stereocenters. The SMILES string of the molecule is CC1(Cc2ccc(Br)cc2)CCO1. The summed E-state index contributed by atoms with van der Waals surface area (Å²) in [6.45, 7) is 3.10. The number of halogens is 1. The van der Waals surface area contributed by atoms with E-state index in [-0.39, 0.29) is 5.60 Å². The van der Waals surface area contributed by atoms with Crippen LogP contribution >= 0.6 is 15.9 Å². The highest BCUT2D eigenvalue weighted by Crippen LogP contribution is 2.29. The van der Waals surface area contributed by atoms with Gasteiger partial charge in [-0.25, -0.2) is 0 Å². The Labute approximate surface area is 87.2 Å². The summed E-state index contributed by atoms with van der Waals surface area (Å²) in [5.41, 5.74) is 1.46. The van der Waals surface area contributed by atoms with Gasteiger partial charge in [-0.3, -0.25) is 0 Å². The largest absolute Gasteiger partial charge is 0.375 e. The van der Waals surface area contributed by atoms with Crippen molar-refractivity contribution in [3.05, 3.63) is 34.3 Å². The van der Waals surface area contributed by atoms with Crippen molar-refractivity contribution in [3.63, 3.8) is 0 Å². The Morgan fingerprint density at radius 1 is 1.38 bits per heavy atom. The van der Waals surface area contributed by atoms with E-state index in [0.717, 1.165) is 17.5 Å². The van der Waals surface area contributed by atoms with Gasteiger partial charge in [-0.2, -0.15) is 0 Å². The molecule has 1 aliphatic heterocycles. The Morgan fingerprint density at radius 3 is 2.46 bits per heavy atom. The Bertz CT molecular complexity index is 287. The van der Waals surface area contributed by atoms with Crippen LogP contribution in [0.1, 0.15) is 18.9 Å². The van der Waals surface area contributed by atoms with Crippen LogP contribution in [0, 0.1) is 0 Å². The first-order chi connectivity index (χ1) is 6.18. The number of benzene rings is 1. The number of hydrogen-bond donors (Lipinski definition) is 0. The first kappa shape index (κ1) is 9.22. The molecule has 1 aromatic rings. The second-order valence-corrected chi connectivity index (χ2v) is 4.77. The molecule has 1 aliphatic rings. The summed E-state index contributed by atoms with van der Waals surface area (Å²) in [6.07, 6.45) is 2.21. The first-order valence-electron chi connectivity index (χ1n) is 4.56. The second-order valence-electron chi connectivity index (χ2n) is 3.85. The van der Waals surface area contributed by atoms with Gasteiger partial charge in [0.05, 0.1) is 12.2 Å². The summed E-state index contributed by atoms with van der Waals surface area (Å²) in [5, 5.41) is 0. The molecule has 0 amide bonds. The fraction of sp³-hybridized carbons (Fsp3) is 0.455. The summed E-state index contributed by atoms with van der Waals surface area (Å²) in [4.78, 5) is 0. The summed E-state index contributed by atoms with van der Waals surface area (Å²) in [6, 6.07) is 8.46. The predicted octanol–water partition coefficient (Wildman–Crippen LogP) is 3.17. The lowest BCUT2D eigenvalue weighted by molar-refractivity contribution is -0.132. The molecular formula is C11H13BrO. The zero-order chi connectivity index (χ0) is 9.31. The normalized spacial score (nSPS) is 26.9. The molecule has 0 aromatic heterocycles. The lowest BCUT2D eigenvalue weighted by atomic mass is 9.89. The van der Waals surface area contributed by atoms with E-state index in [9.17, 15) is 0 Å². The number of hydrogen-bond acceptors (Lipinski definition) is 1. The Balaban J connectivity index is 2.05. The Hall–Kier alpha value is -0.340. The van der Waals surface area contributed by atoms with E-state index in [1.165, 1.54) is 12.0 Å². The minimum absolute atomic E-state index is 0.105. The zero-order valence-electron chi connectivity index (χ0n) is 7.72. The maximum atomic E-state index is 5.54. The smallest absolute Gasteiger partial charge is 0.0716 e. The predicted molar refractivity (Wildman–Crippen MR) is 56.8 cm³/mol. The van der Waals surface area contributed by atoms with Crippen molar-refractivity contribution in [1.82, 2.24) is 0 Å². The van der Waals surface area contributed by atoms with Gasteiger partial charge in [0.2, 0.25) is 0 Å². The second kappa shape index (κ2) is 3.43. The highest BCUT2D eigenvalue weighted by molar-refractivity contribution is 9.10. The van der Waals surface area contributed by atoms with Crippen LogP contribution in [0.4, 0.5) is 0 Å². The topological polar surface area (TPSA) is 9.23 Å². The van der Waals surface area contributed by atoms with E-state index in [1.54, 1.807) is 0 Å². The van der Waals surface area contributed by atoms with E-state index in [4.69, 9.17) is 4.74 Å². The van der Waals surface area contributed by atoms with Gasteiger partial charge >= 0.3 is 0 Å². The van der Waals surface area contributed by atoms with Gasteiger partial charge in [0.15, 0.2) is 0 Å². The van der Waals surface area contributed by atoms with Gasteiger partial charge in [0, 0.05) is 10.9 Å². The van der Waals surface area contributed by atoms with Gasteiger partial charge in [-0.05, 0) is 31.0 Å². The molecule has 1 fully saturated rings. The molecule has 1 unspecified atom stereocenters. The molecule has 70 valence electrons. The summed E-state index contributed by atoms with van der Waals surface area (Å²) in [7, 11) is 0. The van der Waals surface area contributed by atoms with Crippen LogP contribution in [-0.2, 0) is 11.2 Å². The van der Waals surface area contributed by atoms with Crippen molar-refractivity contribution in [1.29, 1.82) is 0 Å². The van der Waals surface area contributed by atoms with Crippen molar-refractivity contribution < 1.29 is 4.74 Å². The summed E-state index contributed by atoms with van der Waals surface area (Å²) >= 11 is 3.42. The molecule has 0 saturated carbocycles. The standard InChI is InChI=1S/C11H13BrO/c1-11(6-7-13-11)8-9-2-4-10(12)5-3-9/h2-5H,6-8H2,1H3. The lowest BCUT2D eigenvalue weighted by Gasteiger charge is -2.38. The maximum absolute atomic E-state index is 5.54. The minimum atomic E-state index is 0.105. The molecule has 1 nitrogen and oxygen atoms in total. The summed E-state index contributed by atoms with van der Waals surface area (Å²) in [5.74, 6) is 0. The molecular weight excluding hydrogens is 228 g/mol. The van der Waals surface area contributed by atoms with Crippen LogP contribution in [-0.4, -0.2) is 12.2 Å². The minimum Gasteiger partial charge on any atom is -0.375 e. The van der Waals surface area contributed by atoms with E-state index >= 15 is 0 Å². The Kier molecular flexibility index (Phi) is 2.43. The van der Waals surface area contributed by atoms with E-state index < -0.39 is 0 Å². The van der Waals surface area contributed by atoms with Crippen LogP contribution < -0.4 is 0 Å². The monoisotopic (exact) mass is 240 g/mol. The molecule has 1 aromatic carbocycles. The molecule has 1 heterocycles. The fourth-order valence-corrected chi connectivity index (χ4v) is 1.89. The van der Waals surface area contributed by atoms with Crippen molar-refractivity contribution in [2.45, 2.75) is 25.4 Å². The molecule has 0 N–H and O–H groups in total. The highest BCUT2D eigenvalue weighted by Gasteiger charge is 2.32. The average molecular weight is 241 g/mol. The third kappa shape index (κ3) is 2.12. The van der Waals surface area contributed by atoms with Crippen LogP contribution in [0.2, 0.25) is 0 Å². The average Bonchev–Trinajstić information content (AvgIpc) is 2.06. The van der Waals surface area contributed by atoms with Gasteiger partial charge in [0.1, 0.15) is 0 Å². The van der Waals surface area contributed by atoms with Crippen LogP contribution in [0.15, 0.2) is 28.7 Å². The molecule has 0 bridgehead atoms. The molecule has 0 spiro atoms. The van der Waals surface area contributed by atoms with Crippen LogP contribution in [0.25, 0.3) is 0 Å². The molecule has 13 heavy (non-hydrogen) atoms. The van der Waals surface area contributed by atoms with Gasteiger partial charge in [0.25, 0.3) is 0 Å². The number of rotatable bonds is 2. The third-order valence-corrected chi connectivity index (χ3v) is 3.10. The van der Waals surface area contributed by atoms with Gasteiger partial charge in [-0.15, -0.1) is 0 Å². The van der Waals surface area contributed by atoms with Crippen molar-refractivity contribution in [2.75, 3.05) is 6.61 Å². The quantitative estimate of drug-likeness (QED) is 0.772. The fourth-order valence-electron chi connectivity index (χ4n) is 1.62. The van der Waals surface area contributed by atoms with Crippen molar-refractivity contribution in [2.24, 2.45) is 0 Å². The Morgan fingerprint density at radius 2 is 2.00 bits per heavy atom. The molecule has 0 radical (unpaired) electrons. The van der Waals surface area contributed by atoms with Gasteiger partial charge in [-0.1, -0.05) is 28.1 Å². The molecule has 2 heteroatoms. The first-order valence-corrected chi connectivity index (χ1v) is 5.36. The van der Waals surface area contributed by atoms with Crippen molar-refractivity contribution in [3.8, 4) is 0 Å². The van der Waals surface area contributed by atoms with Crippen LogP contribution in [0.3, 0.4) is 0 Å². The lowest BCUT2D eigenvalue weighted by Crippen LogP contribution is -2.42.